The van der Waals surface area contributed by atoms with Gasteiger partial charge in [-0.05, 0) is 31.7 Å². The summed E-state index contributed by atoms with van der Waals surface area (Å²) < 4.78 is 0. The van der Waals surface area contributed by atoms with Crippen LogP contribution in [0.1, 0.15) is 24.8 Å². The van der Waals surface area contributed by atoms with Crippen LogP contribution in [0.25, 0.3) is 11.3 Å². The van der Waals surface area contributed by atoms with Crippen molar-refractivity contribution >= 4 is 5.95 Å². The summed E-state index contributed by atoms with van der Waals surface area (Å²) >= 11 is 0. The van der Waals surface area contributed by atoms with E-state index in [0.717, 1.165) is 35.7 Å². The molecule has 3 rings (SSSR count). The number of hydrogen-bond donors (Lipinski definition) is 1. The number of benzene rings is 1. The summed E-state index contributed by atoms with van der Waals surface area (Å²) in [4.78, 5) is 11.6. The quantitative estimate of drug-likeness (QED) is 0.940. The van der Waals surface area contributed by atoms with Gasteiger partial charge in [0.2, 0.25) is 5.95 Å². The molecule has 1 aliphatic heterocycles. The number of piperidine rings is 1. The third kappa shape index (κ3) is 2.90. The second-order valence-electron chi connectivity index (χ2n) is 5.65. The molecule has 1 fully saturated rings. The number of aryl methyl sites for hydroxylation is 1. The van der Waals surface area contributed by atoms with E-state index in [1.807, 2.05) is 24.4 Å². The van der Waals surface area contributed by atoms with Gasteiger partial charge in [-0.25, -0.2) is 9.97 Å². The number of hydrogen-bond acceptors (Lipinski definition) is 4. The zero-order valence-electron chi connectivity index (χ0n) is 12.5. The van der Waals surface area contributed by atoms with Crippen molar-refractivity contribution in [2.24, 2.45) is 5.73 Å². The summed E-state index contributed by atoms with van der Waals surface area (Å²) in [5.74, 6) is 0.814. The van der Waals surface area contributed by atoms with E-state index in [2.05, 4.69) is 28.9 Å². The fourth-order valence-corrected chi connectivity index (χ4v) is 2.97. The van der Waals surface area contributed by atoms with Gasteiger partial charge in [0, 0.05) is 30.9 Å². The Labute approximate surface area is 126 Å². The number of rotatable bonds is 3. The monoisotopic (exact) mass is 282 g/mol. The smallest absolute Gasteiger partial charge is 0.226 e. The molecule has 0 spiro atoms. The van der Waals surface area contributed by atoms with E-state index in [4.69, 9.17) is 10.7 Å². The van der Waals surface area contributed by atoms with Gasteiger partial charge in [-0.15, -0.1) is 0 Å². The van der Waals surface area contributed by atoms with Crippen LogP contribution in [0.4, 0.5) is 5.95 Å². The summed E-state index contributed by atoms with van der Waals surface area (Å²) in [6.45, 7) is 3.72. The molecule has 2 heterocycles. The van der Waals surface area contributed by atoms with Crippen LogP contribution < -0.4 is 10.6 Å². The fourth-order valence-electron chi connectivity index (χ4n) is 2.97. The molecule has 1 saturated heterocycles. The maximum absolute atomic E-state index is 5.91. The molecule has 1 aromatic carbocycles. The van der Waals surface area contributed by atoms with Crippen molar-refractivity contribution in [1.82, 2.24) is 9.97 Å². The average Bonchev–Trinajstić information content (AvgIpc) is 2.56. The maximum atomic E-state index is 5.91. The molecule has 2 aromatic rings. The summed E-state index contributed by atoms with van der Waals surface area (Å²) in [7, 11) is 0. The lowest BCUT2D eigenvalue weighted by molar-refractivity contribution is 0.458. The van der Waals surface area contributed by atoms with Gasteiger partial charge in [0.25, 0.3) is 0 Å². The van der Waals surface area contributed by atoms with Crippen molar-refractivity contribution in [3.63, 3.8) is 0 Å². The average molecular weight is 282 g/mol. The van der Waals surface area contributed by atoms with Crippen LogP contribution in [0.3, 0.4) is 0 Å². The molecule has 21 heavy (non-hydrogen) atoms. The van der Waals surface area contributed by atoms with Crippen molar-refractivity contribution < 1.29 is 0 Å². The zero-order valence-corrected chi connectivity index (χ0v) is 12.5. The fraction of sp³-hybridized carbons (Fsp3) is 0.412. The van der Waals surface area contributed by atoms with Crippen LogP contribution in [0, 0.1) is 6.92 Å². The SMILES string of the molecule is Cc1cnc(N2CCCCC2CN)nc1-c1ccccc1. The highest BCUT2D eigenvalue weighted by Gasteiger charge is 2.23. The molecule has 0 amide bonds. The van der Waals surface area contributed by atoms with Crippen molar-refractivity contribution in [2.75, 3.05) is 18.0 Å². The van der Waals surface area contributed by atoms with Gasteiger partial charge in [-0.2, -0.15) is 0 Å². The number of anilines is 1. The highest BCUT2D eigenvalue weighted by Crippen LogP contribution is 2.26. The van der Waals surface area contributed by atoms with Crippen LogP contribution >= 0.6 is 0 Å². The van der Waals surface area contributed by atoms with Crippen molar-refractivity contribution in [2.45, 2.75) is 32.2 Å². The van der Waals surface area contributed by atoms with E-state index < -0.39 is 0 Å². The Balaban J connectivity index is 1.97. The third-order valence-corrected chi connectivity index (χ3v) is 4.16. The minimum Gasteiger partial charge on any atom is -0.337 e. The van der Waals surface area contributed by atoms with Crippen LogP contribution in [0.5, 0.6) is 0 Å². The molecule has 2 N–H and O–H groups in total. The standard InChI is InChI=1S/C17H22N4/c1-13-12-19-17(21-10-6-5-9-15(21)11-18)20-16(13)14-7-3-2-4-8-14/h2-4,7-8,12,15H,5-6,9-11,18H2,1H3. The Morgan fingerprint density at radius 2 is 2.05 bits per heavy atom. The second-order valence-corrected chi connectivity index (χ2v) is 5.65. The number of nitrogens with zero attached hydrogens (tertiary/aromatic N) is 3. The number of aromatic nitrogens is 2. The predicted molar refractivity (Wildman–Crippen MR) is 86.2 cm³/mol. The Hall–Kier alpha value is -1.94. The molecule has 0 saturated carbocycles. The van der Waals surface area contributed by atoms with E-state index in [1.165, 1.54) is 12.8 Å². The number of nitrogens with two attached hydrogens (primary N) is 1. The van der Waals surface area contributed by atoms with Gasteiger partial charge in [-0.3, -0.25) is 0 Å². The predicted octanol–water partition coefficient (Wildman–Crippen LogP) is 2.77. The highest BCUT2D eigenvalue weighted by molar-refractivity contribution is 5.63. The lowest BCUT2D eigenvalue weighted by atomic mass is 10.0. The first-order chi connectivity index (χ1) is 10.3. The molecule has 1 aliphatic rings. The van der Waals surface area contributed by atoms with Crippen molar-refractivity contribution in [1.29, 1.82) is 0 Å². The van der Waals surface area contributed by atoms with Gasteiger partial charge in [0.05, 0.1) is 5.69 Å². The molecule has 1 aromatic heterocycles. The first-order valence-corrected chi connectivity index (χ1v) is 7.65. The van der Waals surface area contributed by atoms with Gasteiger partial charge in [0.15, 0.2) is 0 Å². The van der Waals surface area contributed by atoms with E-state index in [0.29, 0.717) is 12.6 Å². The van der Waals surface area contributed by atoms with Crippen LogP contribution in [-0.2, 0) is 0 Å². The Morgan fingerprint density at radius 3 is 2.81 bits per heavy atom. The molecular weight excluding hydrogens is 260 g/mol. The van der Waals surface area contributed by atoms with Gasteiger partial charge >= 0.3 is 0 Å². The van der Waals surface area contributed by atoms with Gasteiger partial charge in [-0.1, -0.05) is 30.3 Å². The Morgan fingerprint density at radius 1 is 1.24 bits per heavy atom. The lowest BCUT2D eigenvalue weighted by Crippen LogP contribution is -2.45. The maximum Gasteiger partial charge on any atom is 0.226 e. The summed E-state index contributed by atoms with van der Waals surface area (Å²) in [6.07, 6.45) is 5.49. The van der Waals surface area contributed by atoms with Gasteiger partial charge < -0.3 is 10.6 Å². The molecule has 0 bridgehead atoms. The van der Waals surface area contributed by atoms with Crippen LogP contribution in [-0.4, -0.2) is 29.1 Å². The zero-order chi connectivity index (χ0) is 14.7. The van der Waals surface area contributed by atoms with E-state index in [1.54, 1.807) is 0 Å². The molecule has 110 valence electrons. The first-order valence-electron chi connectivity index (χ1n) is 7.65. The molecule has 0 radical (unpaired) electrons. The summed E-state index contributed by atoms with van der Waals surface area (Å²) in [6, 6.07) is 10.7. The third-order valence-electron chi connectivity index (χ3n) is 4.16. The normalized spacial score (nSPS) is 18.8. The molecule has 1 unspecified atom stereocenters. The van der Waals surface area contributed by atoms with E-state index in [9.17, 15) is 0 Å². The Bertz CT molecular complexity index is 597. The summed E-state index contributed by atoms with van der Waals surface area (Å²) in [5, 5.41) is 0. The first kappa shape index (κ1) is 14.0. The van der Waals surface area contributed by atoms with Gasteiger partial charge in [0.1, 0.15) is 0 Å². The van der Waals surface area contributed by atoms with Crippen molar-refractivity contribution in [3.8, 4) is 11.3 Å². The highest BCUT2D eigenvalue weighted by atomic mass is 15.3. The molecule has 4 heteroatoms. The molecular formula is C17H22N4. The molecule has 4 nitrogen and oxygen atoms in total. The molecule has 0 aliphatic carbocycles. The minimum atomic E-state index is 0.366. The van der Waals surface area contributed by atoms with Crippen LogP contribution in [0.2, 0.25) is 0 Å². The largest absolute Gasteiger partial charge is 0.337 e. The van der Waals surface area contributed by atoms with E-state index in [-0.39, 0.29) is 0 Å². The van der Waals surface area contributed by atoms with Crippen LogP contribution in [0.15, 0.2) is 36.5 Å². The topological polar surface area (TPSA) is 55.0 Å². The Kier molecular flexibility index (Phi) is 4.15. The van der Waals surface area contributed by atoms with E-state index >= 15 is 0 Å². The second kappa shape index (κ2) is 6.22. The molecule has 1 atom stereocenters. The minimum absolute atomic E-state index is 0.366. The van der Waals surface area contributed by atoms with Crippen molar-refractivity contribution in [3.05, 3.63) is 42.1 Å². The lowest BCUT2D eigenvalue weighted by Gasteiger charge is -2.35. The summed E-state index contributed by atoms with van der Waals surface area (Å²) in [5.41, 5.74) is 9.17.